The third-order valence-electron chi connectivity index (χ3n) is 3.05. The molecule has 2 aromatic carbocycles. The molecule has 4 nitrogen and oxygen atoms in total. The number of aromatic amines is 1. The van der Waals surface area contributed by atoms with Gasteiger partial charge in [0.1, 0.15) is 0 Å². The van der Waals surface area contributed by atoms with Gasteiger partial charge >= 0.3 is 0 Å². The first-order valence-electron chi connectivity index (χ1n) is 6.05. The van der Waals surface area contributed by atoms with Gasteiger partial charge in [0.15, 0.2) is 23.3 Å². The molecule has 0 saturated carbocycles. The Labute approximate surface area is 120 Å². The van der Waals surface area contributed by atoms with Crippen LogP contribution in [-0.2, 0) is 0 Å². The quantitative estimate of drug-likeness (QED) is 0.433. The minimum absolute atomic E-state index is 0.267. The van der Waals surface area contributed by atoms with Gasteiger partial charge in [0.05, 0.1) is 17.3 Å². The smallest absolute Gasteiger partial charge is 0.258 e. The molecule has 1 aromatic heterocycles. The zero-order chi connectivity index (χ0) is 15.9. The van der Waals surface area contributed by atoms with Gasteiger partial charge in [-0.05, 0) is 24.3 Å². The SMILES string of the molecule is O=C(Nc1ccc2[nH]ncc2c1)c1cc(F)c(F)c(F)c1F. The number of carbonyl (C=O) groups is 1. The van der Waals surface area contributed by atoms with Gasteiger partial charge in [-0.15, -0.1) is 0 Å². The Hall–Kier alpha value is -2.90. The van der Waals surface area contributed by atoms with Crippen LogP contribution in [0.25, 0.3) is 10.9 Å². The van der Waals surface area contributed by atoms with Crippen molar-refractivity contribution in [1.82, 2.24) is 10.2 Å². The minimum Gasteiger partial charge on any atom is -0.322 e. The number of aromatic nitrogens is 2. The highest BCUT2D eigenvalue weighted by atomic mass is 19.2. The molecular weight excluding hydrogens is 302 g/mol. The van der Waals surface area contributed by atoms with E-state index in [1.807, 2.05) is 0 Å². The fourth-order valence-corrected chi connectivity index (χ4v) is 1.96. The second-order valence-electron chi connectivity index (χ2n) is 4.47. The van der Waals surface area contributed by atoms with E-state index in [0.717, 1.165) is 0 Å². The molecule has 0 saturated heterocycles. The van der Waals surface area contributed by atoms with Crippen molar-refractivity contribution in [1.29, 1.82) is 0 Å². The molecule has 112 valence electrons. The van der Waals surface area contributed by atoms with Crippen LogP contribution in [0.5, 0.6) is 0 Å². The number of amides is 1. The molecule has 8 heteroatoms. The summed E-state index contributed by atoms with van der Waals surface area (Å²) < 4.78 is 52.7. The fourth-order valence-electron chi connectivity index (χ4n) is 1.96. The van der Waals surface area contributed by atoms with Crippen LogP contribution in [0.15, 0.2) is 30.5 Å². The maximum Gasteiger partial charge on any atom is 0.258 e. The first-order valence-corrected chi connectivity index (χ1v) is 6.05. The summed E-state index contributed by atoms with van der Waals surface area (Å²) in [6.07, 6.45) is 1.50. The maximum atomic E-state index is 13.5. The number of fused-ring (bicyclic) bond motifs is 1. The van der Waals surface area contributed by atoms with E-state index in [1.165, 1.54) is 18.3 Å². The number of anilines is 1. The molecule has 0 fully saturated rings. The van der Waals surface area contributed by atoms with Crippen LogP contribution < -0.4 is 5.32 Å². The number of hydrogen-bond acceptors (Lipinski definition) is 2. The Balaban J connectivity index is 1.94. The lowest BCUT2D eigenvalue weighted by Crippen LogP contribution is -2.16. The maximum absolute atomic E-state index is 13.5. The van der Waals surface area contributed by atoms with Crippen LogP contribution in [0.3, 0.4) is 0 Å². The number of H-pyrrole nitrogens is 1. The fraction of sp³-hybridized carbons (Fsp3) is 0. The van der Waals surface area contributed by atoms with Gasteiger partial charge in [0, 0.05) is 11.1 Å². The Kier molecular flexibility index (Phi) is 3.28. The summed E-state index contributed by atoms with van der Waals surface area (Å²) in [4.78, 5) is 11.9. The predicted molar refractivity (Wildman–Crippen MR) is 70.3 cm³/mol. The molecule has 3 aromatic rings. The third kappa shape index (κ3) is 2.28. The van der Waals surface area contributed by atoms with E-state index in [1.54, 1.807) is 6.07 Å². The molecule has 0 spiro atoms. The van der Waals surface area contributed by atoms with Gasteiger partial charge in [0.25, 0.3) is 5.91 Å². The number of halogens is 4. The lowest BCUT2D eigenvalue weighted by atomic mass is 10.1. The van der Waals surface area contributed by atoms with E-state index in [4.69, 9.17) is 0 Å². The average molecular weight is 309 g/mol. The van der Waals surface area contributed by atoms with E-state index in [9.17, 15) is 22.4 Å². The van der Waals surface area contributed by atoms with Gasteiger partial charge < -0.3 is 5.32 Å². The molecule has 1 heterocycles. The summed E-state index contributed by atoms with van der Waals surface area (Å²) in [6, 6.07) is 4.94. The monoisotopic (exact) mass is 309 g/mol. The summed E-state index contributed by atoms with van der Waals surface area (Å²) in [5.41, 5.74) is 0.0511. The Morgan fingerprint density at radius 1 is 1.05 bits per heavy atom. The summed E-state index contributed by atoms with van der Waals surface area (Å²) in [5.74, 6) is -8.49. The van der Waals surface area contributed by atoms with Crippen molar-refractivity contribution < 1.29 is 22.4 Å². The molecule has 0 aliphatic heterocycles. The number of carbonyl (C=O) groups excluding carboxylic acids is 1. The van der Waals surface area contributed by atoms with Gasteiger partial charge in [-0.1, -0.05) is 0 Å². The highest BCUT2D eigenvalue weighted by molar-refractivity contribution is 6.05. The first-order chi connectivity index (χ1) is 10.5. The summed E-state index contributed by atoms with van der Waals surface area (Å²) in [5, 5.41) is 9.44. The molecule has 0 bridgehead atoms. The predicted octanol–water partition coefficient (Wildman–Crippen LogP) is 3.37. The lowest BCUT2D eigenvalue weighted by molar-refractivity contribution is 0.102. The van der Waals surface area contributed by atoms with Crippen LogP contribution in [0.2, 0.25) is 0 Å². The van der Waals surface area contributed by atoms with Crippen molar-refractivity contribution in [2.75, 3.05) is 5.32 Å². The molecule has 0 aliphatic carbocycles. The Morgan fingerprint density at radius 2 is 1.82 bits per heavy atom. The molecule has 22 heavy (non-hydrogen) atoms. The van der Waals surface area contributed by atoms with Crippen molar-refractivity contribution in [3.63, 3.8) is 0 Å². The largest absolute Gasteiger partial charge is 0.322 e. The van der Waals surface area contributed by atoms with Crippen molar-refractivity contribution in [2.24, 2.45) is 0 Å². The van der Waals surface area contributed by atoms with Crippen molar-refractivity contribution >= 4 is 22.5 Å². The third-order valence-corrected chi connectivity index (χ3v) is 3.05. The van der Waals surface area contributed by atoms with E-state index in [0.29, 0.717) is 17.0 Å². The Bertz CT molecular complexity index is 891. The molecule has 0 radical (unpaired) electrons. The van der Waals surface area contributed by atoms with Crippen LogP contribution >= 0.6 is 0 Å². The molecule has 3 rings (SSSR count). The molecule has 2 N–H and O–H groups in total. The van der Waals surface area contributed by atoms with E-state index >= 15 is 0 Å². The van der Waals surface area contributed by atoms with Gasteiger partial charge in [-0.25, -0.2) is 17.6 Å². The zero-order valence-electron chi connectivity index (χ0n) is 10.8. The highest BCUT2D eigenvalue weighted by Crippen LogP contribution is 2.21. The van der Waals surface area contributed by atoms with Crippen LogP contribution in [0.4, 0.5) is 23.2 Å². The van der Waals surface area contributed by atoms with E-state index in [-0.39, 0.29) is 5.69 Å². The summed E-state index contributed by atoms with van der Waals surface area (Å²) in [6.45, 7) is 0. The highest BCUT2D eigenvalue weighted by Gasteiger charge is 2.23. The van der Waals surface area contributed by atoms with Crippen LogP contribution in [-0.4, -0.2) is 16.1 Å². The van der Waals surface area contributed by atoms with E-state index in [2.05, 4.69) is 15.5 Å². The van der Waals surface area contributed by atoms with Crippen LogP contribution in [0, 0.1) is 23.3 Å². The lowest BCUT2D eigenvalue weighted by Gasteiger charge is -2.07. The molecular formula is C14H7F4N3O. The molecule has 0 atom stereocenters. The van der Waals surface area contributed by atoms with Crippen LogP contribution in [0.1, 0.15) is 10.4 Å². The van der Waals surface area contributed by atoms with E-state index < -0.39 is 34.7 Å². The number of benzene rings is 2. The van der Waals surface area contributed by atoms with Gasteiger partial charge in [-0.2, -0.15) is 5.10 Å². The topological polar surface area (TPSA) is 57.8 Å². The first kappa shape index (κ1) is 14.1. The van der Waals surface area contributed by atoms with Crippen molar-refractivity contribution in [2.45, 2.75) is 0 Å². The van der Waals surface area contributed by atoms with Gasteiger partial charge in [0.2, 0.25) is 0 Å². The standard InChI is InChI=1S/C14H7F4N3O/c15-9-4-8(11(16)13(18)12(9)17)14(22)20-7-1-2-10-6(3-7)5-19-21-10/h1-5H,(H,19,21)(H,20,22). The summed E-state index contributed by atoms with van der Waals surface area (Å²) in [7, 11) is 0. The Morgan fingerprint density at radius 3 is 2.59 bits per heavy atom. The number of nitrogens with one attached hydrogen (secondary N) is 2. The molecule has 1 amide bonds. The summed E-state index contributed by atoms with van der Waals surface area (Å²) >= 11 is 0. The number of nitrogens with zero attached hydrogens (tertiary/aromatic N) is 1. The van der Waals surface area contributed by atoms with Gasteiger partial charge in [-0.3, -0.25) is 9.89 Å². The second-order valence-corrected chi connectivity index (χ2v) is 4.47. The average Bonchev–Trinajstić information content (AvgIpc) is 2.96. The molecule has 0 unspecified atom stereocenters. The molecule has 0 aliphatic rings. The second kappa shape index (κ2) is 5.14. The number of hydrogen-bond donors (Lipinski definition) is 2. The van der Waals surface area contributed by atoms with Crippen molar-refractivity contribution in [3.8, 4) is 0 Å². The minimum atomic E-state index is -2.03. The van der Waals surface area contributed by atoms with Crippen molar-refractivity contribution in [3.05, 3.63) is 59.3 Å². The zero-order valence-corrected chi connectivity index (χ0v) is 10.8. The number of rotatable bonds is 2. The normalized spacial score (nSPS) is 10.9.